The third-order valence-electron chi connectivity index (χ3n) is 2.10. The second-order valence-electron chi connectivity index (χ2n) is 3.51. The van der Waals surface area contributed by atoms with E-state index in [0.29, 0.717) is 5.56 Å². The van der Waals surface area contributed by atoms with Crippen LogP contribution in [0.2, 0.25) is 0 Å². The molecule has 0 fully saturated rings. The molecular formula is C12H12FNO3. The van der Waals surface area contributed by atoms with Gasteiger partial charge in [-0.3, -0.25) is 14.9 Å². The number of hydrogen-bond acceptors (Lipinski definition) is 3. The van der Waals surface area contributed by atoms with Gasteiger partial charge in [0, 0.05) is 17.8 Å². The Morgan fingerprint density at radius 3 is 2.59 bits per heavy atom. The third kappa shape index (κ3) is 5.55. The molecule has 0 saturated carbocycles. The number of nitrogens with zero attached hydrogens (tertiary/aromatic N) is 1. The average molecular weight is 237 g/mol. The van der Waals surface area contributed by atoms with E-state index in [1.54, 1.807) is 18.2 Å². The lowest BCUT2D eigenvalue weighted by Crippen LogP contribution is -2.03. The van der Waals surface area contributed by atoms with Crippen LogP contribution in [0.15, 0.2) is 30.3 Å². The highest BCUT2D eigenvalue weighted by Gasteiger charge is 2.01. The van der Waals surface area contributed by atoms with Gasteiger partial charge in [0.1, 0.15) is 5.82 Å². The van der Waals surface area contributed by atoms with Crippen LogP contribution in [0.3, 0.4) is 0 Å². The molecule has 0 atom stereocenters. The summed E-state index contributed by atoms with van der Waals surface area (Å²) in [6, 6.07) is 5.71. The number of rotatable bonds is 6. The van der Waals surface area contributed by atoms with Gasteiger partial charge in [-0.15, -0.1) is 0 Å². The molecule has 17 heavy (non-hydrogen) atoms. The summed E-state index contributed by atoms with van der Waals surface area (Å²) in [6.07, 6.45) is 3.30. The summed E-state index contributed by atoms with van der Waals surface area (Å²) in [7, 11) is 0. The average Bonchev–Trinajstić information content (AvgIpc) is 2.28. The molecule has 0 bridgehead atoms. The van der Waals surface area contributed by atoms with Gasteiger partial charge in [0.05, 0.1) is 0 Å². The molecule has 0 aliphatic rings. The molecule has 0 heterocycles. The fourth-order valence-corrected chi connectivity index (χ4v) is 1.23. The zero-order chi connectivity index (χ0) is 12.7. The molecule has 0 aliphatic heterocycles. The molecule has 0 unspecified atom stereocenters. The minimum atomic E-state index is -0.447. The van der Waals surface area contributed by atoms with Gasteiger partial charge in [-0.1, -0.05) is 18.2 Å². The maximum Gasteiger partial charge on any atom is 0.204 e. The lowest BCUT2D eigenvalue weighted by Gasteiger charge is -1.94. The molecule has 5 heteroatoms. The fraction of sp³-hybridized carbons (Fsp3) is 0.250. The van der Waals surface area contributed by atoms with Crippen molar-refractivity contribution in [2.24, 2.45) is 0 Å². The minimum absolute atomic E-state index is 0.151. The quantitative estimate of drug-likeness (QED) is 0.433. The first kappa shape index (κ1) is 13.0. The van der Waals surface area contributed by atoms with E-state index in [0.717, 1.165) is 0 Å². The number of carbonyl (C=O) groups is 1. The molecule has 90 valence electrons. The lowest BCUT2D eigenvalue weighted by atomic mass is 10.1. The molecule has 0 saturated heterocycles. The number of halogens is 1. The molecule has 1 aromatic rings. The molecule has 0 amide bonds. The van der Waals surface area contributed by atoms with Crippen LogP contribution in [0.1, 0.15) is 18.4 Å². The van der Waals surface area contributed by atoms with Gasteiger partial charge in [-0.05, 0) is 23.8 Å². The maximum atomic E-state index is 12.6. The molecule has 4 nitrogen and oxygen atoms in total. The summed E-state index contributed by atoms with van der Waals surface area (Å²) in [4.78, 5) is 20.9. The largest absolute Gasteiger partial charge is 0.295 e. The molecule has 1 aromatic carbocycles. The van der Waals surface area contributed by atoms with E-state index in [4.69, 9.17) is 0 Å². The maximum absolute atomic E-state index is 12.6. The SMILES string of the molecule is O=C(/C=C/c1ccc(F)cc1)CCC[N+](=O)[O-]. The van der Waals surface area contributed by atoms with E-state index < -0.39 is 4.92 Å². The number of nitro groups is 1. The van der Waals surface area contributed by atoms with Gasteiger partial charge in [-0.25, -0.2) is 4.39 Å². The molecule has 1 rings (SSSR count). The zero-order valence-corrected chi connectivity index (χ0v) is 9.14. The van der Waals surface area contributed by atoms with E-state index in [1.807, 2.05) is 0 Å². The van der Waals surface area contributed by atoms with Gasteiger partial charge in [0.2, 0.25) is 6.54 Å². The van der Waals surface area contributed by atoms with Gasteiger partial charge >= 0.3 is 0 Å². The van der Waals surface area contributed by atoms with Crippen molar-refractivity contribution in [3.8, 4) is 0 Å². The van der Waals surface area contributed by atoms with E-state index in [-0.39, 0.29) is 31.0 Å². The number of hydrogen-bond donors (Lipinski definition) is 0. The molecule has 0 radical (unpaired) electrons. The summed E-state index contributed by atoms with van der Waals surface area (Å²) in [5.74, 6) is -0.504. The van der Waals surface area contributed by atoms with Crippen molar-refractivity contribution in [2.75, 3.05) is 6.54 Å². The Morgan fingerprint density at radius 1 is 1.35 bits per heavy atom. The summed E-state index contributed by atoms with van der Waals surface area (Å²) in [5, 5.41) is 10.0. The van der Waals surface area contributed by atoms with E-state index in [9.17, 15) is 19.3 Å². The van der Waals surface area contributed by atoms with Crippen molar-refractivity contribution in [1.82, 2.24) is 0 Å². The van der Waals surface area contributed by atoms with Crippen molar-refractivity contribution in [3.05, 3.63) is 51.8 Å². The van der Waals surface area contributed by atoms with Crippen LogP contribution in [0.5, 0.6) is 0 Å². The normalized spacial score (nSPS) is 10.6. The predicted octanol–water partition coefficient (Wildman–Crippen LogP) is 2.46. The standard InChI is InChI=1S/C12H12FNO3/c13-11-6-3-10(4-7-11)5-8-12(15)2-1-9-14(16)17/h3-8H,1-2,9H2/b8-5+. The third-order valence-corrected chi connectivity index (χ3v) is 2.10. The Labute approximate surface area is 97.9 Å². The van der Waals surface area contributed by atoms with Crippen molar-refractivity contribution in [3.63, 3.8) is 0 Å². The van der Waals surface area contributed by atoms with Crippen molar-refractivity contribution < 1.29 is 14.1 Å². The molecular weight excluding hydrogens is 225 g/mol. The van der Waals surface area contributed by atoms with Gasteiger partial charge in [0.25, 0.3) is 0 Å². The van der Waals surface area contributed by atoms with Crippen LogP contribution in [0.25, 0.3) is 6.08 Å². The summed E-state index contributed by atoms with van der Waals surface area (Å²) >= 11 is 0. The molecule has 0 spiro atoms. The van der Waals surface area contributed by atoms with Crippen LogP contribution in [-0.2, 0) is 4.79 Å². The topological polar surface area (TPSA) is 60.2 Å². The first-order chi connectivity index (χ1) is 8.08. The smallest absolute Gasteiger partial charge is 0.204 e. The number of ketones is 1. The van der Waals surface area contributed by atoms with Gasteiger partial charge in [-0.2, -0.15) is 0 Å². The first-order valence-electron chi connectivity index (χ1n) is 5.16. The van der Waals surface area contributed by atoms with Crippen molar-refractivity contribution in [2.45, 2.75) is 12.8 Å². The lowest BCUT2D eigenvalue weighted by molar-refractivity contribution is -0.480. The number of benzene rings is 1. The molecule has 0 aromatic heterocycles. The Bertz CT molecular complexity index is 426. The van der Waals surface area contributed by atoms with Crippen LogP contribution < -0.4 is 0 Å². The fourth-order valence-electron chi connectivity index (χ4n) is 1.23. The van der Waals surface area contributed by atoms with Crippen LogP contribution in [-0.4, -0.2) is 17.3 Å². The van der Waals surface area contributed by atoms with E-state index in [2.05, 4.69) is 0 Å². The highest BCUT2D eigenvalue weighted by molar-refractivity contribution is 5.93. The highest BCUT2D eigenvalue weighted by Crippen LogP contribution is 2.05. The number of allylic oxidation sites excluding steroid dienone is 1. The summed E-state index contributed by atoms with van der Waals surface area (Å²) < 4.78 is 12.6. The Kier molecular flexibility index (Phi) is 5.00. The Balaban J connectivity index is 2.40. The molecule has 0 N–H and O–H groups in total. The van der Waals surface area contributed by atoms with Crippen molar-refractivity contribution >= 4 is 11.9 Å². The van der Waals surface area contributed by atoms with Crippen LogP contribution in [0, 0.1) is 15.9 Å². The summed E-state index contributed by atoms with van der Waals surface area (Å²) in [5.41, 5.74) is 0.717. The Hall–Kier alpha value is -2.04. The van der Waals surface area contributed by atoms with Crippen LogP contribution >= 0.6 is 0 Å². The first-order valence-corrected chi connectivity index (χ1v) is 5.16. The minimum Gasteiger partial charge on any atom is -0.295 e. The summed E-state index contributed by atoms with van der Waals surface area (Å²) in [6.45, 7) is -0.198. The highest BCUT2D eigenvalue weighted by atomic mass is 19.1. The van der Waals surface area contributed by atoms with E-state index >= 15 is 0 Å². The Morgan fingerprint density at radius 2 is 2.00 bits per heavy atom. The second-order valence-corrected chi connectivity index (χ2v) is 3.51. The van der Waals surface area contributed by atoms with E-state index in [1.165, 1.54) is 18.2 Å². The van der Waals surface area contributed by atoms with Crippen LogP contribution in [0.4, 0.5) is 4.39 Å². The monoisotopic (exact) mass is 237 g/mol. The van der Waals surface area contributed by atoms with Crippen molar-refractivity contribution in [1.29, 1.82) is 0 Å². The van der Waals surface area contributed by atoms with Gasteiger partial charge in [0.15, 0.2) is 5.78 Å². The second kappa shape index (κ2) is 6.52. The zero-order valence-electron chi connectivity index (χ0n) is 9.14. The number of carbonyl (C=O) groups excluding carboxylic acids is 1. The molecule has 0 aliphatic carbocycles. The predicted molar refractivity (Wildman–Crippen MR) is 61.5 cm³/mol. The van der Waals surface area contributed by atoms with Gasteiger partial charge < -0.3 is 0 Å².